The maximum absolute atomic E-state index is 14.7. The van der Waals surface area contributed by atoms with Crippen molar-refractivity contribution in [2.24, 2.45) is 11.8 Å². The van der Waals surface area contributed by atoms with Crippen molar-refractivity contribution in [1.29, 1.82) is 0 Å². The van der Waals surface area contributed by atoms with Crippen molar-refractivity contribution in [2.75, 3.05) is 24.7 Å². The summed E-state index contributed by atoms with van der Waals surface area (Å²) in [6.07, 6.45) is 9.76. The summed E-state index contributed by atoms with van der Waals surface area (Å²) in [6.45, 7) is 1.80. The number of hydrogen-bond donors (Lipinski definition) is 1. The molecule has 6 rings (SSSR count). The van der Waals surface area contributed by atoms with Crippen molar-refractivity contribution in [3.63, 3.8) is 0 Å². The van der Waals surface area contributed by atoms with Gasteiger partial charge < -0.3 is 24.4 Å². The highest BCUT2D eigenvalue weighted by Crippen LogP contribution is 2.58. The van der Waals surface area contributed by atoms with Crippen LogP contribution in [-0.4, -0.2) is 64.8 Å². The van der Waals surface area contributed by atoms with E-state index in [0.29, 0.717) is 22.7 Å². The van der Waals surface area contributed by atoms with Crippen molar-refractivity contribution >= 4 is 35.1 Å². The van der Waals surface area contributed by atoms with E-state index in [4.69, 9.17) is 21.1 Å². The molecule has 9 heteroatoms. The van der Waals surface area contributed by atoms with Gasteiger partial charge in [0, 0.05) is 6.54 Å². The van der Waals surface area contributed by atoms with E-state index in [1.165, 1.54) is 9.80 Å². The number of anilines is 1. The third-order valence-corrected chi connectivity index (χ3v) is 9.09. The molecule has 0 saturated carbocycles. The second-order valence-corrected chi connectivity index (χ2v) is 11.6. The van der Waals surface area contributed by atoms with Crippen LogP contribution in [0.1, 0.15) is 37.8 Å². The Morgan fingerprint density at radius 3 is 2.49 bits per heavy atom. The Balaban J connectivity index is 1.55. The van der Waals surface area contributed by atoms with Gasteiger partial charge in [0.25, 0.3) is 5.91 Å². The molecule has 2 aromatic rings. The number of cyclic esters (lactones) is 1. The molecule has 1 N–H and O–H groups in total. The van der Waals surface area contributed by atoms with E-state index in [0.717, 1.165) is 12.8 Å². The van der Waals surface area contributed by atoms with Crippen LogP contribution >= 0.6 is 11.6 Å². The number of amides is 2. The Labute approximate surface area is 244 Å². The summed E-state index contributed by atoms with van der Waals surface area (Å²) in [7, 11) is 0. The second kappa shape index (κ2) is 10.7. The van der Waals surface area contributed by atoms with E-state index < -0.39 is 59.5 Å². The third kappa shape index (κ3) is 4.40. The third-order valence-electron chi connectivity index (χ3n) is 8.77. The van der Waals surface area contributed by atoms with E-state index in [1.54, 1.807) is 43.3 Å². The first-order chi connectivity index (χ1) is 19.8. The zero-order chi connectivity index (χ0) is 28.8. The lowest BCUT2D eigenvalue weighted by Gasteiger charge is -2.40. The van der Waals surface area contributed by atoms with Crippen LogP contribution in [0.2, 0.25) is 5.02 Å². The minimum atomic E-state index is -1.48. The summed E-state index contributed by atoms with van der Waals surface area (Å²) in [6, 6.07) is 14.1. The molecule has 4 heterocycles. The van der Waals surface area contributed by atoms with Gasteiger partial charge in [-0.1, -0.05) is 78.4 Å². The average molecular weight is 577 g/mol. The van der Waals surface area contributed by atoms with Crippen LogP contribution in [0.3, 0.4) is 0 Å². The first-order valence-electron chi connectivity index (χ1n) is 14.1. The lowest BCUT2D eigenvalue weighted by molar-refractivity contribution is -0.160. The van der Waals surface area contributed by atoms with Crippen LogP contribution in [-0.2, 0) is 23.9 Å². The molecule has 0 radical (unpaired) electrons. The Morgan fingerprint density at radius 1 is 0.976 bits per heavy atom. The summed E-state index contributed by atoms with van der Waals surface area (Å²) >= 11 is 6.55. The SMILES string of the molecule is C[C@]12/C=C\CCCCOC(=O)[C@H]1[C@H]1C(=O)N([C@H](CO)c3ccccc3)C3C(=O)N(c4ccccc4Cl)CC=C[C@@]31O2. The molecule has 6 atom stereocenters. The molecule has 0 bridgehead atoms. The number of hydrogen-bond acceptors (Lipinski definition) is 6. The monoisotopic (exact) mass is 576 g/mol. The highest BCUT2D eigenvalue weighted by Gasteiger charge is 2.75. The number of esters is 1. The minimum Gasteiger partial charge on any atom is -0.465 e. The van der Waals surface area contributed by atoms with Gasteiger partial charge >= 0.3 is 5.97 Å². The number of fused-ring (bicyclic) bond motifs is 2. The number of benzene rings is 2. The van der Waals surface area contributed by atoms with E-state index in [-0.39, 0.29) is 13.2 Å². The van der Waals surface area contributed by atoms with Crippen LogP contribution in [0, 0.1) is 11.8 Å². The molecule has 1 spiro atoms. The van der Waals surface area contributed by atoms with Gasteiger partial charge in [-0.2, -0.15) is 0 Å². The molecular formula is C32H33ClN2O6. The number of aliphatic hydroxyl groups is 1. The topological polar surface area (TPSA) is 96.4 Å². The van der Waals surface area contributed by atoms with Crippen LogP contribution in [0.4, 0.5) is 5.69 Å². The van der Waals surface area contributed by atoms with E-state index in [9.17, 15) is 19.5 Å². The number of aliphatic hydroxyl groups excluding tert-OH is 1. The number of ether oxygens (including phenoxy) is 2. The molecule has 1 unspecified atom stereocenters. The highest BCUT2D eigenvalue weighted by molar-refractivity contribution is 6.34. The number of likely N-dealkylation sites (tertiary alicyclic amines) is 1. The molecule has 2 fully saturated rings. The fourth-order valence-electron chi connectivity index (χ4n) is 6.99. The van der Waals surface area contributed by atoms with Crippen LogP contribution in [0.25, 0.3) is 0 Å². The van der Waals surface area contributed by atoms with Crippen molar-refractivity contribution in [3.8, 4) is 0 Å². The molecule has 2 aromatic carbocycles. The Morgan fingerprint density at radius 2 is 1.73 bits per heavy atom. The fourth-order valence-corrected chi connectivity index (χ4v) is 7.23. The standard InChI is InChI=1S/C32H33ClN2O6/c1-31-16-9-2-3-10-19-40-30(39)26(31)25-28(37)35(24(20-36)21-12-5-4-6-13-21)27-29(38)34(18-11-17-32(25,27)41-31)23-15-8-7-14-22(23)33/h4-9,11-17,24-27,36H,2-3,10,18-20H2,1H3/b16-9-/t24-,25+,26-,27?,31+,32+/m1/s1. The van der Waals surface area contributed by atoms with E-state index >= 15 is 0 Å². The smallest absolute Gasteiger partial charge is 0.313 e. The van der Waals surface area contributed by atoms with Gasteiger partial charge in [0.2, 0.25) is 5.91 Å². The van der Waals surface area contributed by atoms with E-state index in [1.807, 2.05) is 42.5 Å². The van der Waals surface area contributed by atoms with E-state index in [2.05, 4.69) is 0 Å². The number of carbonyl (C=O) groups excluding carboxylic acids is 3. The molecule has 41 heavy (non-hydrogen) atoms. The van der Waals surface area contributed by atoms with Crippen molar-refractivity contribution in [1.82, 2.24) is 4.90 Å². The number of carbonyl (C=O) groups is 3. The fraction of sp³-hybridized carbons (Fsp3) is 0.406. The quantitative estimate of drug-likeness (QED) is 0.432. The second-order valence-electron chi connectivity index (χ2n) is 11.2. The molecule has 0 aromatic heterocycles. The van der Waals surface area contributed by atoms with Gasteiger partial charge in [-0.05, 0) is 43.9 Å². The van der Waals surface area contributed by atoms with Gasteiger partial charge in [-0.25, -0.2) is 0 Å². The van der Waals surface area contributed by atoms with Crippen molar-refractivity contribution in [3.05, 3.63) is 89.5 Å². The predicted octanol–water partition coefficient (Wildman–Crippen LogP) is 4.23. The maximum atomic E-state index is 14.7. The largest absolute Gasteiger partial charge is 0.465 e. The predicted molar refractivity (Wildman–Crippen MR) is 153 cm³/mol. The molecular weight excluding hydrogens is 544 g/mol. The molecule has 8 nitrogen and oxygen atoms in total. The number of rotatable bonds is 4. The number of para-hydroxylation sites is 1. The Kier molecular flexibility index (Phi) is 7.26. The number of halogens is 1. The lowest BCUT2D eigenvalue weighted by Crippen LogP contribution is -2.57. The Bertz CT molecular complexity index is 1410. The number of nitrogens with zero attached hydrogens (tertiary/aromatic N) is 2. The zero-order valence-corrected chi connectivity index (χ0v) is 23.6. The molecule has 4 aliphatic heterocycles. The van der Waals surface area contributed by atoms with Crippen LogP contribution < -0.4 is 4.90 Å². The summed E-state index contributed by atoms with van der Waals surface area (Å²) in [4.78, 5) is 46.0. The van der Waals surface area contributed by atoms with Crippen molar-refractivity contribution in [2.45, 2.75) is 49.5 Å². The first kappa shape index (κ1) is 27.7. The van der Waals surface area contributed by atoms with Gasteiger partial charge in [0.05, 0.1) is 41.5 Å². The lowest BCUT2D eigenvalue weighted by atomic mass is 9.74. The molecule has 2 saturated heterocycles. The number of allylic oxidation sites excluding steroid dienone is 1. The maximum Gasteiger partial charge on any atom is 0.313 e. The van der Waals surface area contributed by atoms with Crippen molar-refractivity contribution < 1.29 is 29.0 Å². The van der Waals surface area contributed by atoms with Crippen LogP contribution in [0.15, 0.2) is 78.9 Å². The summed E-state index contributed by atoms with van der Waals surface area (Å²) < 4.78 is 12.6. The van der Waals surface area contributed by atoms with Gasteiger partial charge in [0.1, 0.15) is 17.6 Å². The average Bonchev–Trinajstić information content (AvgIpc) is 3.30. The molecule has 214 valence electrons. The highest BCUT2D eigenvalue weighted by atomic mass is 35.5. The van der Waals surface area contributed by atoms with Gasteiger partial charge in [-0.15, -0.1) is 0 Å². The Hall–Kier alpha value is -3.46. The van der Waals surface area contributed by atoms with Gasteiger partial charge in [-0.3, -0.25) is 14.4 Å². The summed E-state index contributed by atoms with van der Waals surface area (Å²) in [5, 5.41) is 11.1. The molecule has 2 amide bonds. The first-order valence-corrected chi connectivity index (χ1v) is 14.5. The zero-order valence-electron chi connectivity index (χ0n) is 22.8. The molecule has 4 aliphatic rings. The van der Waals surface area contributed by atoms with Crippen LogP contribution in [0.5, 0.6) is 0 Å². The summed E-state index contributed by atoms with van der Waals surface area (Å²) in [5.74, 6) is -3.40. The minimum absolute atomic E-state index is 0.190. The van der Waals surface area contributed by atoms with Gasteiger partial charge in [0.15, 0.2) is 0 Å². The normalized spacial score (nSPS) is 33.0. The molecule has 0 aliphatic carbocycles. The summed E-state index contributed by atoms with van der Waals surface area (Å²) in [5.41, 5.74) is -1.51.